The lowest BCUT2D eigenvalue weighted by Gasteiger charge is -2.20. The fourth-order valence-electron chi connectivity index (χ4n) is 3.40. The van der Waals surface area contributed by atoms with Crippen LogP contribution in [0.5, 0.6) is 0 Å². The first-order valence-corrected chi connectivity index (χ1v) is 10.7. The number of para-hydroxylation sites is 1. The molecule has 1 N–H and O–H groups in total. The molecule has 0 saturated carbocycles. The van der Waals surface area contributed by atoms with Gasteiger partial charge < -0.3 is 4.57 Å². The highest BCUT2D eigenvalue weighted by atomic mass is 35.5. The molecule has 0 fully saturated rings. The molecule has 0 atom stereocenters. The Labute approximate surface area is 188 Å². The molecule has 6 nitrogen and oxygen atoms in total. The third-order valence-corrected chi connectivity index (χ3v) is 6.11. The van der Waals surface area contributed by atoms with Crippen molar-refractivity contribution in [1.82, 2.24) is 9.58 Å². The Kier molecular flexibility index (Phi) is 5.05. The van der Waals surface area contributed by atoms with Crippen molar-refractivity contribution in [3.63, 3.8) is 0 Å². The van der Waals surface area contributed by atoms with Crippen LogP contribution in [0.25, 0.3) is 11.8 Å². The molecule has 3 aromatic rings. The van der Waals surface area contributed by atoms with Crippen LogP contribution < -0.4 is 0 Å². The van der Waals surface area contributed by atoms with E-state index in [0.717, 1.165) is 22.0 Å². The van der Waals surface area contributed by atoms with Crippen molar-refractivity contribution in [3.05, 3.63) is 94.8 Å². The molecule has 152 valence electrons. The number of halogens is 1. The molecule has 31 heavy (non-hydrogen) atoms. The number of aromatic nitrogens is 1. The number of aliphatic imine (C=N–C) groups is 1. The minimum absolute atomic E-state index is 0.0115. The van der Waals surface area contributed by atoms with Gasteiger partial charge in [0.25, 0.3) is 5.91 Å². The summed E-state index contributed by atoms with van der Waals surface area (Å²) in [5.74, 6) is -0.440. The zero-order valence-electron chi connectivity index (χ0n) is 16.2. The van der Waals surface area contributed by atoms with E-state index in [9.17, 15) is 4.79 Å². The maximum absolute atomic E-state index is 12.7. The third-order valence-electron chi connectivity index (χ3n) is 4.88. The molecule has 1 aromatic heterocycles. The second-order valence-corrected chi connectivity index (χ2v) is 8.38. The van der Waals surface area contributed by atoms with E-state index in [2.05, 4.69) is 10.1 Å². The Morgan fingerprint density at radius 3 is 2.61 bits per heavy atom. The summed E-state index contributed by atoms with van der Waals surface area (Å²) in [5.41, 5.74) is 2.81. The number of carbonyl (C=O) groups is 1. The van der Waals surface area contributed by atoms with E-state index in [0.29, 0.717) is 16.6 Å². The highest BCUT2D eigenvalue weighted by Crippen LogP contribution is 2.30. The number of benzene rings is 2. The van der Waals surface area contributed by atoms with Crippen LogP contribution in [-0.4, -0.2) is 31.5 Å². The van der Waals surface area contributed by atoms with Gasteiger partial charge in [0.05, 0.1) is 16.3 Å². The van der Waals surface area contributed by atoms with Gasteiger partial charge in [0, 0.05) is 18.3 Å². The van der Waals surface area contributed by atoms with Crippen molar-refractivity contribution in [2.45, 2.75) is 6.42 Å². The number of rotatable bonds is 4. The van der Waals surface area contributed by atoms with E-state index >= 15 is 0 Å². The van der Waals surface area contributed by atoms with Crippen LogP contribution in [0.3, 0.4) is 0 Å². The molecule has 0 spiro atoms. The summed E-state index contributed by atoms with van der Waals surface area (Å²) in [6.07, 6.45) is 4.14. The lowest BCUT2D eigenvalue weighted by atomic mass is 10.1. The van der Waals surface area contributed by atoms with Gasteiger partial charge in [-0.25, -0.2) is 0 Å². The summed E-state index contributed by atoms with van der Waals surface area (Å²) in [6, 6.07) is 21.1. The van der Waals surface area contributed by atoms with E-state index in [1.54, 1.807) is 6.08 Å². The normalized spacial score (nSPS) is 17.1. The first kappa shape index (κ1) is 19.5. The highest BCUT2D eigenvalue weighted by Gasteiger charge is 2.35. The largest absolute Gasteiger partial charge is 0.316 e. The maximum atomic E-state index is 12.7. The number of carbonyl (C=O) groups excluding carboxylic acids is 1. The number of thioether (sulfide) groups is 1. The maximum Gasteiger partial charge on any atom is 0.283 e. The molecule has 2 aromatic carbocycles. The SMILES string of the molecule is N=C1/C(=C/c2cccn2-c2ccccc2Cl)C(=O)N=C2SC(Cc3ccccc3)=NN12. The van der Waals surface area contributed by atoms with Gasteiger partial charge in [-0.05, 0) is 47.7 Å². The molecule has 3 heterocycles. The minimum atomic E-state index is -0.452. The molecule has 8 heteroatoms. The van der Waals surface area contributed by atoms with Crippen molar-refractivity contribution in [2.24, 2.45) is 10.1 Å². The van der Waals surface area contributed by atoms with Crippen LogP contribution in [0.1, 0.15) is 11.3 Å². The van der Waals surface area contributed by atoms with Gasteiger partial charge in [0.15, 0.2) is 5.84 Å². The quantitative estimate of drug-likeness (QED) is 0.575. The first-order valence-electron chi connectivity index (χ1n) is 9.55. The molecule has 0 unspecified atom stereocenters. The van der Waals surface area contributed by atoms with Gasteiger partial charge in [0.1, 0.15) is 5.04 Å². The van der Waals surface area contributed by atoms with E-state index in [1.807, 2.05) is 77.5 Å². The van der Waals surface area contributed by atoms with Gasteiger partial charge in [0.2, 0.25) is 5.17 Å². The number of hydrazone groups is 1. The van der Waals surface area contributed by atoms with E-state index < -0.39 is 5.91 Å². The van der Waals surface area contributed by atoms with Gasteiger partial charge in [-0.3, -0.25) is 10.2 Å². The summed E-state index contributed by atoms with van der Waals surface area (Å²) < 4.78 is 1.87. The van der Waals surface area contributed by atoms with Gasteiger partial charge in [-0.1, -0.05) is 54.1 Å². The van der Waals surface area contributed by atoms with E-state index in [1.165, 1.54) is 16.8 Å². The van der Waals surface area contributed by atoms with Crippen molar-refractivity contribution >= 4 is 51.4 Å². The second-order valence-electron chi connectivity index (χ2n) is 6.93. The summed E-state index contributed by atoms with van der Waals surface area (Å²) in [7, 11) is 0. The van der Waals surface area contributed by atoms with E-state index in [4.69, 9.17) is 17.0 Å². The fraction of sp³-hybridized carbons (Fsp3) is 0.0435. The number of hydrogen-bond acceptors (Lipinski definition) is 4. The van der Waals surface area contributed by atoms with Crippen molar-refractivity contribution in [1.29, 1.82) is 5.41 Å². The molecule has 0 saturated heterocycles. The molecular formula is C23H16ClN5OS. The molecule has 0 aliphatic carbocycles. The third kappa shape index (κ3) is 3.73. The average molecular weight is 446 g/mol. The second kappa shape index (κ2) is 8.02. The van der Waals surface area contributed by atoms with Gasteiger partial charge in [-0.15, -0.1) is 0 Å². The van der Waals surface area contributed by atoms with Gasteiger partial charge in [-0.2, -0.15) is 15.1 Å². The first-order chi connectivity index (χ1) is 15.1. The van der Waals surface area contributed by atoms with Crippen LogP contribution in [0, 0.1) is 5.41 Å². The number of amidine groups is 2. The fourth-order valence-corrected chi connectivity index (χ4v) is 4.55. The topological polar surface area (TPSA) is 73.8 Å². The minimum Gasteiger partial charge on any atom is -0.316 e. The summed E-state index contributed by atoms with van der Waals surface area (Å²) >= 11 is 7.67. The Hall–Kier alpha value is -3.42. The van der Waals surface area contributed by atoms with Gasteiger partial charge >= 0.3 is 0 Å². The van der Waals surface area contributed by atoms with Crippen molar-refractivity contribution in [2.75, 3.05) is 0 Å². The summed E-state index contributed by atoms with van der Waals surface area (Å²) in [4.78, 5) is 16.9. The average Bonchev–Trinajstić information content (AvgIpc) is 3.39. The molecule has 0 radical (unpaired) electrons. The van der Waals surface area contributed by atoms with Crippen LogP contribution >= 0.6 is 23.4 Å². The molecule has 2 aliphatic rings. The van der Waals surface area contributed by atoms with Crippen LogP contribution in [0.15, 0.2) is 88.6 Å². The standard InChI is InChI=1S/C23H16ClN5OS/c24-18-10-4-5-11-19(18)28-12-6-9-16(28)14-17-21(25)29-23(26-22(17)30)31-20(27-29)13-15-7-2-1-3-8-15/h1-12,14,25H,13H2/b17-14-,25-21?. The summed E-state index contributed by atoms with van der Waals surface area (Å²) in [6.45, 7) is 0. The van der Waals surface area contributed by atoms with E-state index in [-0.39, 0.29) is 11.4 Å². The highest BCUT2D eigenvalue weighted by molar-refractivity contribution is 8.26. The zero-order valence-corrected chi connectivity index (χ0v) is 17.8. The molecule has 2 aliphatic heterocycles. The molecule has 5 rings (SSSR count). The summed E-state index contributed by atoms with van der Waals surface area (Å²) in [5, 5.41) is 16.4. The number of amides is 1. The predicted octanol–water partition coefficient (Wildman–Crippen LogP) is 4.99. The number of hydrogen-bond donors (Lipinski definition) is 1. The predicted molar refractivity (Wildman–Crippen MR) is 126 cm³/mol. The number of nitrogens with zero attached hydrogens (tertiary/aromatic N) is 4. The smallest absolute Gasteiger partial charge is 0.283 e. The Balaban J connectivity index is 1.46. The van der Waals surface area contributed by atoms with Crippen molar-refractivity contribution < 1.29 is 4.79 Å². The lowest BCUT2D eigenvalue weighted by Crippen LogP contribution is -2.35. The molecule has 1 amide bonds. The van der Waals surface area contributed by atoms with Crippen LogP contribution in [0.2, 0.25) is 5.02 Å². The lowest BCUT2D eigenvalue weighted by molar-refractivity contribution is -0.114. The van der Waals surface area contributed by atoms with Crippen molar-refractivity contribution in [3.8, 4) is 5.69 Å². The van der Waals surface area contributed by atoms with Crippen LogP contribution in [0.4, 0.5) is 0 Å². The number of nitrogens with one attached hydrogen (secondary N) is 1. The Morgan fingerprint density at radius 1 is 1.03 bits per heavy atom. The number of fused-ring (bicyclic) bond motifs is 1. The monoisotopic (exact) mass is 445 g/mol. The Morgan fingerprint density at radius 2 is 1.81 bits per heavy atom. The molecule has 0 bridgehead atoms. The zero-order chi connectivity index (χ0) is 21.4. The Bertz CT molecular complexity index is 1290. The molecular weight excluding hydrogens is 430 g/mol. The van der Waals surface area contributed by atoms with Crippen LogP contribution in [-0.2, 0) is 11.2 Å².